The Bertz CT molecular complexity index is 705. The summed E-state index contributed by atoms with van der Waals surface area (Å²) in [4.78, 5) is 2.05. The van der Waals surface area contributed by atoms with Gasteiger partial charge in [-0.15, -0.1) is 0 Å². The van der Waals surface area contributed by atoms with Crippen LogP contribution in [0.2, 0.25) is 0 Å². The number of methoxy groups -OCH3 is 2. The van der Waals surface area contributed by atoms with E-state index in [0.717, 1.165) is 28.4 Å². The molecule has 0 saturated carbocycles. The van der Waals surface area contributed by atoms with Gasteiger partial charge in [-0.1, -0.05) is 18.2 Å². The van der Waals surface area contributed by atoms with Gasteiger partial charge in [0.05, 0.1) is 40.1 Å². The normalized spacial score (nSPS) is 12.1. The van der Waals surface area contributed by atoms with Crippen LogP contribution in [0.1, 0.15) is 18.1 Å². The zero-order valence-corrected chi connectivity index (χ0v) is 17.2. The van der Waals surface area contributed by atoms with E-state index in [2.05, 4.69) is 4.90 Å². The molecule has 0 aromatic heterocycles. The van der Waals surface area contributed by atoms with Gasteiger partial charge >= 0.3 is 0 Å². The first-order valence-corrected chi connectivity index (χ1v) is 9.42. The lowest BCUT2D eigenvalue weighted by molar-refractivity contribution is 0.0127. The fraction of sp³-hybridized carbons (Fsp3) is 0.455. The van der Waals surface area contributed by atoms with E-state index in [1.807, 2.05) is 56.4 Å². The molecule has 2 aromatic carbocycles. The van der Waals surface area contributed by atoms with E-state index in [1.165, 1.54) is 0 Å². The van der Waals surface area contributed by atoms with Crippen LogP contribution in [-0.2, 0) is 17.9 Å². The summed E-state index contributed by atoms with van der Waals surface area (Å²) in [6.07, 6.45) is -0.562. The number of likely N-dealkylation sites (N-methyl/N-ethyl adjacent to an activating group) is 1. The molecule has 0 spiro atoms. The van der Waals surface area contributed by atoms with Crippen LogP contribution in [0, 0.1) is 0 Å². The molecule has 6 heteroatoms. The van der Waals surface area contributed by atoms with Crippen LogP contribution >= 0.6 is 0 Å². The van der Waals surface area contributed by atoms with Crippen molar-refractivity contribution < 1.29 is 24.1 Å². The SMILES string of the molecule is CCOc1ccc(CN(C)C[C@@H](O)COCc2ccc(OC)cc2)cc1OC. The summed E-state index contributed by atoms with van der Waals surface area (Å²) >= 11 is 0. The second-order valence-corrected chi connectivity index (χ2v) is 6.63. The van der Waals surface area contributed by atoms with E-state index in [0.29, 0.717) is 26.3 Å². The first kappa shape index (κ1) is 22.0. The molecule has 2 aromatic rings. The molecule has 0 unspecified atom stereocenters. The zero-order chi connectivity index (χ0) is 20.4. The van der Waals surface area contributed by atoms with E-state index in [9.17, 15) is 5.11 Å². The third-order valence-electron chi connectivity index (χ3n) is 4.24. The Morgan fingerprint density at radius 2 is 1.68 bits per heavy atom. The lowest BCUT2D eigenvalue weighted by Gasteiger charge is -2.21. The molecule has 0 fully saturated rings. The van der Waals surface area contributed by atoms with Gasteiger partial charge in [0.2, 0.25) is 0 Å². The van der Waals surface area contributed by atoms with Crippen LogP contribution in [0.25, 0.3) is 0 Å². The molecule has 2 rings (SSSR count). The van der Waals surface area contributed by atoms with Gasteiger partial charge < -0.3 is 24.1 Å². The highest BCUT2D eigenvalue weighted by Crippen LogP contribution is 2.28. The number of aliphatic hydroxyl groups excluding tert-OH is 1. The van der Waals surface area contributed by atoms with Crippen LogP contribution < -0.4 is 14.2 Å². The van der Waals surface area contributed by atoms with Gasteiger partial charge in [-0.05, 0) is 49.4 Å². The maximum Gasteiger partial charge on any atom is 0.161 e. The van der Waals surface area contributed by atoms with Crippen LogP contribution in [0.3, 0.4) is 0 Å². The molecule has 0 radical (unpaired) electrons. The van der Waals surface area contributed by atoms with E-state index in [-0.39, 0.29) is 6.61 Å². The van der Waals surface area contributed by atoms with E-state index in [1.54, 1.807) is 14.2 Å². The third kappa shape index (κ3) is 7.03. The van der Waals surface area contributed by atoms with Gasteiger partial charge in [-0.2, -0.15) is 0 Å². The van der Waals surface area contributed by atoms with Crippen molar-refractivity contribution in [2.24, 2.45) is 0 Å². The first-order valence-electron chi connectivity index (χ1n) is 9.42. The molecule has 0 amide bonds. The van der Waals surface area contributed by atoms with Crippen molar-refractivity contribution in [3.05, 3.63) is 53.6 Å². The van der Waals surface area contributed by atoms with Crippen molar-refractivity contribution in [1.82, 2.24) is 4.90 Å². The average molecular weight is 389 g/mol. The Kier molecular flexibility index (Phi) is 9.07. The fourth-order valence-electron chi connectivity index (χ4n) is 2.91. The van der Waals surface area contributed by atoms with Gasteiger partial charge in [0.15, 0.2) is 11.5 Å². The standard InChI is InChI=1S/C22H31NO5/c1-5-28-21-11-8-18(12-22(21)26-4)13-23(2)14-19(24)16-27-15-17-6-9-20(25-3)10-7-17/h6-12,19,24H,5,13-16H2,1-4H3/t19-/m1/s1. The van der Waals surface area contributed by atoms with Crippen molar-refractivity contribution in [2.45, 2.75) is 26.2 Å². The summed E-state index contributed by atoms with van der Waals surface area (Å²) in [7, 11) is 5.24. The zero-order valence-electron chi connectivity index (χ0n) is 17.2. The van der Waals surface area contributed by atoms with Crippen LogP contribution in [0.4, 0.5) is 0 Å². The van der Waals surface area contributed by atoms with Crippen molar-refractivity contribution in [2.75, 3.05) is 41.0 Å². The molecule has 0 bridgehead atoms. The predicted octanol–water partition coefficient (Wildman–Crippen LogP) is 3.11. The van der Waals surface area contributed by atoms with Gasteiger partial charge in [0.25, 0.3) is 0 Å². The molecule has 6 nitrogen and oxygen atoms in total. The first-order chi connectivity index (χ1) is 13.5. The summed E-state index contributed by atoms with van der Waals surface area (Å²) in [6.45, 7) is 4.48. The predicted molar refractivity (Wildman–Crippen MR) is 109 cm³/mol. The topological polar surface area (TPSA) is 60.4 Å². The third-order valence-corrected chi connectivity index (χ3v) is 4.24. The summed E-state index contributed by atoms with van der Waals surface area (Å²) < 4.78 is 21.7. The molecule has 1 N–H and O–H groups in total. The highest BCUT2D eigenvalue weighted by atomic mass is 16.5. The second-order valence-electron chi connectivity index (χ2n) is 6.63. The van der Waals surface area contributed by atoms with Crippen LogP contribution in [0.5, 0.6) is 17.2 Å². The van der Waals surface area contributed by atoms with Crippen molar-refractivity contribution in [3.8, 4) is 17.2 Å². The highest BCUT2D eigenvalue weighted by Gasteiger charge is 2.11. The number of nitrogens with zero attached hydrogens (tertiary/aromatic N) is 1. The molecule has 0 aliphatic rings. The molecule has 0 saturated heterocycles. The highest BCUT2D eigenvalue weighted by molar-refractivity contribution is 5.42. The van der Waals surface area contributed by atoms with E-state index in [4.69, 9.17) is 18.9 Å². The monoisotopic (exact) mass is 389 g/mol. The Morgan fingerprint density at radius 3 is 2.32 bits per heavy atom. The van der Waals surface area contributed by atoms with Crippen molar-refractivity contribution in [3.63, 3.8) is 0 Å². The van der Waals surface area contributed by atoms with E-state index >= 15 is 0 Å². The maximum absolute atomic E-state index is 10.2. The minimum atomic E-state index is -0.562. The Hall–Kier alpha value is -2.28. The number of ether oxygens (including phenoxy) is 4. The number of rotatable bonds is 12. The van der Waals surface area contributed by atoms with Crippen LogP contribution in [0.15, 0.2) is 42.5 Å². The Morgan fingerprint density at radius 1 is 0.964 bits per heavy atom. The summed E-state index contributed by atoms with van der Waals surface area (Å²) in [5, 5.41) is 10.2. The largest absolute Gasteiger partial charge is 0.497 e. The lowest BCUT2D eigenvalue weighted by Crippen LogP contribution is -2.31. The maximum atomic E-state index is 10.2. The average Bonchev–Trinajstić information content (AvgIpc) is 2.69. The molecular formula is C22H31NO5. The molecular weight excluding hydrogens is 358 g/mol. The summed E-state index contributed by atoms with van der Waals surface area (Å²) in [6, 6.07) is 13.6. The quantitative estimate of drug-likeness (QED) is 0.602. The molecule has 0 heterocycles. The van der Waals surface area contributed by atoms with Gasteiger partial charge in [0.1, 0.15) is 5.75 Å². The smallest absolute Gasteiger partial charge is 0.161 e. The molecule has 1 atom stereocenters. The molecule has 0 aliphatic carbocycles. The summed E-state index contributed by atoms with van der Waals surface area (Å²) in [5.41, 5.74) is 2.14. The van der Waals surface area contributed by atoms with Gasteiger partial charge in [0, 0.05) is 13.1 Å². The van der Waals surface area contributed by atoms with Gasteiger partial charge in [-0.25, -0.2) is 0 Å². The Balaban J connectivity index is 1.76. The molecule has 0 aliphatic heterocycles. The van der Waals surface area contributed by atoms with Crippen molar-refractivity contribution in [1.29, 1.82) is 0 Å². The molecule has 28 heavy (non-hydrogen) atoms. The second kappa shape index (κ2) is 11.5. The van der Waals surface area contributed by atoms with Crippen molar-refractivity contribution >= 4 is 0 Å². The minimum absolute atomic E-state index is 0.281. The van der Waals surface area contributed by atoms with Crippen LogP contribution in [-0.4, -0.2) is 57.1 Å². The number of hydrogen-bond donors (Lipinski definition) is 1. The minimum Gasteiger partial charge on any atom is -0.497 e. The molecule has 154 valence electrons. The fourth-order valence-corrected chi connectivity index (χ4v) is 2.91. The van der Waals surface area contributed by atoms with E-state index < -0.39 is 6.10 Å². The lowest BCUT2D eigenvalue weighted by atomic mass is 10.2. The number of benzene rings is 2. The van der Waals surface area contributed by atoms with Gasteiger partial charge in [-0.3, -0.25) is 4.90 Å². The number of hydrogen-bond acceptors (Lipinski definition) is 6. The Labute approximate surface area is 167 Å². The number of aliphatic hydroxyl groups is 1. The summed E-state index contributed by atoms with van der Waals surface area (Å²) in [5.74, 6) is 2.27.